The topological polar surface area (TPSA) is 128 Å². The van der Waals surface area contributed by atoms with E-state index in [0.717, 1.165) is 33.5 Å². The predicted octanol–water partition coefficient (Wildman–Crippen LogP) is 2.31. The molecule has 15 heteroatoms. The Morgan fingerprint density at radius 1 is 1.19 bits per heavy atom. The van der Waals surface area contributed by atoms with E-state index in [2.05, 4.69) is 10.00 Å². The highest BCUT2D eigenvalue weighted by molar-refractivity contribution is 7.90. The number of nitrogens with two attached hydrogens (primary N) is 1. The summed E-state index contributed by atoms with van der Waals surface area (Å²) in [5.74, 6) is -3.81. The Bertz CT molecular complexity index is 1220. The summed E-state index contributed by atoms with van der Waals surface area (Å²) in [6.07, 6.45) is -2.21. The Balaban J connectivity index is 0.000000384. The van der Waals surface area contributed by atoms with Gasteiger partial charge in [-0.2, -0.15) is 22.4 Å². The molecule has 0 bridgehead atoms. The van der Waals surface area contributed by atoms with Gasteiger partial charge in [-0.1, -0.05) is 0 Å². The van der Waals surface area contributed by atoms with Gasteiger partial charge in [-0.05, 0) is 37.5 Å². The molecule has 5 rings (SSSR count). The maximum absolute atomic E-state index is 14.1. The van der Waals surface area contributed by atoms with E-state index in [1.165, 1.54) is 0 Å². The number of hydrogen-bond acceptors (Lipinski definition) is 7. The molecule has 3 N–H and O–H groups in total. The summed E-state index contributed by atoms with van der Waals surface area (Å²) in [6, 6.07) is 2.81. The van der Waals surface area contributed by atoms with E-state index in [0.29, 0.717) is 39.0 Å². The molecule has 0 radical (unpaired) electrons. The number of halogens is 5. The summed E-state index contributed by atoms with van der Waals surface area (Å²) in [7, 11) is -3.36. The normalized spacial score (nSPS) is 24.7. The number of carboxylic acid groups (broad SMARTS) is 1. The van der Waals surface area contributed by atoms with Crippen molar-refractivity contribution in [3.63, 3.8) is 0 Å². The molecule has 1 aliphatic carbocycles. The van der Waals surface area contributed by atoms with Gasteiger partial charge >= 0.3 is 12.1 Å². The van der Waals surface area contributed by atoms with Crippen molar-refractivity contribution in [2.75, 3.05) is 6.61 Å². The van der Waals surface area contributed by atoms with E-state index in [1.807, 2.05) is 0 Å². The van der Waals surface area contributed by atoms with E-state index in [4.69, 9.17) is 20.4 Å². The fourth-order valence-corrected chi connectivity index (χ4v) is 5.73. The average Bonchev–Trinajstić information content (AvgIpc) is 3.46. The fraction of sp³-hybridized carbons (Fsp3) is 0.524. The molecule has 2 aromatic rings. The number of carbonyl (C=O) groups is 1. The molecule has 0 unspecified atom stereocenters. The zero-order valence-corrected chi connectivity index (χ0v) is 19.5. The van der Waals surface area contributed by atoms with Crippen molar-refractivity contribution in [3.8, 4) is 0 Å². The zero-order valence-electron chi connectivity index (χ0n) is 18.7. The first kappa shape index (κ1) is 26.4. The first-order valence-corrected chi connectivity index (χ1v) is 12.5. The average molecular weight is 538 g/mol. The van der Waals surface area contributed by atoms with Crippen LogP contribution in [0.15, 0.2) is 24.4 Å². The highest BCUT2D eigenvalue weighted by atomic mass is 32.2. The molecule has 36 heavy (non-hydrogen) atoms. The van der Waals surface area contributed by atoms with Crippen LogP contribution in [0.4, 0.5) is 22.0 Å². The molecule has 1 saturated heterocycles. The van der Waals surface area contributed by atoms with E-state index in [1.54, 1.807) is 6.20 Å². The Morgan fingerprint density at radius 3 is 2.42 bits per heavy atom. The molecule has 0 spiro atoms. The lowest BCUT2D eigenvalue weighted by Gasteiger charge is -2.38. The molecule has 2 fully saturated rings. The van der Waals surface area contributed by atoms with Gasteiger partial charge in [-0.25, -0.2) is 22.0 Å². The third-order valence-electron chi connectivity index (χ3n) is 6.21. The first-order chi connectivity index (χ1) is 16.8. The maximum Gasteiger partial charge on any atom is 0.490 e. The molecular formula is C21H23F5N4O5S. The Kier molecular flexibility index (Phi) is 7.11. The van der Waals surface area contributed by atoms with Gasteiger partial charge in [0, 0.05) is 42.5 Å². The minimum absolute atomic E-state index is 0.000518. The van der Waals surface area contributed by atoms with Crippen LogP contribution in [0, 0.1) is 11.6 Å². The van der Waals surface area contributed by atoms with Crippen LogP contribution >= 0.6 is 0 Å². The monoisotopic (exact) mass is 538 g/mol. The van der Waals surface area contributed by atoms with Crippen molar-refractivity contribution >= 4 is 16.0 Å². The molecular weight excluding hydrogens is 515 g/mol. The first-order valence-electron chi connectivity index (χ1n) is 11.0. The lowest BCUT2D eigenvalue weighted by molar-refractivity contribution is -0.192. The minimum Gasteiger partial charge on any atom is -0.475 e. The Hall–Kier alpha value is -2.62. The van der Waals surface area contributed by atoms with Crippen molar-refractivity contribution < 1.29 is 45.0 Å². The molecule has 1 saturated carbocycles. The van der Waals surface area contributed by atoms with Crippen molar-refractivity contribution in [1.29, 1.82) is 0 Å². The van der Waals surface area contributed by atoms with Crippen molar-refractivity contribution in [2.45, 2.75) is 62.0 Å². The third kappa shape index (κ3) is 5.53. The quantitative estimate of drug-likeness (QED) is 0.568. The molecule has 3 atom stereocenters. The number of benzene rings is 1. The molecule has 198 valence electrons. The van der Waals surface area contributed by atoms with Gasteiger partial charge in [0.1, 0.15) is 17.7 Å². The van der Waals surface area contributed by atoms with Gasteiger partial charge in [0.25, 0.3) is 10.0 Å². The van der Waals surface area contributed by atoms with Crippen LogP contribution in [-0.2, 0) is 32.6 Å². The van der Waals surface area contributed by atoms with Crippen LogP contribution in [0.2, 0.25) is 0 Å². The number of rotatable bonds is 4. The number of ether oxygens (including phenoxy) is 1. The summed E-state index contributed by atoms with van der Waals surface area (Å²) >= 11 is 0. The van der Waals surface area contributed by atoms with Crippen LogP contribution < -0.4 is 5.73 Å². The van der Waals surface area contributed by atoms with Gasteiger partial charge in [0.05, 0.1) is 17.6 Å². The second-order valence-corrected chi connectivity index (χ2v) is 11.0. The lowest BCUT2D eigenvalue weighted by Crippen LogP contribution is -2.47. The van der Waals surface area contributed by atoms with Crippen LogP contribution in [0.3, 0.4) is 0 Å². The second-order valence-electron chi connectivity index (χ2n) is 8.90. The molecule has 2 aliphatic heterocycles. The summed E-state index contributed by atoms with van der Waals surface area (Å²) in [6.45, 7) is 1.41. The number of nitrogens with zero attached hydrogens (tertiary/aromatic N) is 3. The van der Waals surface area contributed by atoms with Gasteiger partial charge in [-0.15, -0.1) is 0 Å². The Morgan fingerprint density at radius 2 is 1.86 bits per heavy atom. The maximum atomic E-state index is 14.1. The van der Waals surface area contributed by atoms with Crippen molar-refractivity contribution in [1.82, 2.24) is 14.1 Å². The minimum atomic E-state index is -5.08. The van der Waals surface area contributed by atoms with Crippen molar-refractivity contribution in [2.24, 2.45) is 5.73 Å². The number of alkyl halides is 3. The number of fused-ring (bicyclic) bond motifs is 1. The summed E-state index contributed by atoms with van der Waals surface area (Å²) < 4.78 is 91.0. The number of aromatic nitrogens is 2. The van der Waals surface area contributed by atoms with Crippen LogP contribution in [0.5, 0.6) is 0 Å². The summed E-state index contributed by atoms with van der Waals surface area (Å²) in [4.78, 5) is 11.0. The fourth-order valence-electron chi connectivity index (χ4n) is 4.21. The Labute approximate surface area is 202 Å². The van der Waals surface area contributed by atoms with Gasteiger partial charge in [0.2, 0.25) is 0 Å². The van der Waals surface area contributed by atoms with E-state index >= 15 is 0 Å². The van der Waals surface area contributed by atoms with E-state index in [-0.39, 0.29) is 16.9 Å². The van der Waals surface area contributed by atoms with Crippen LogP contribution in [0.1, 0.15) is 42.2 Å². The predicted molar refractivity (Wildman–Crippen MR) is 114 cm³/mol. The number of carboxylic acids is 1. The summed E-state index contributed by atoms with van der Waals surface area (Å²) in [5.41, 5.74) is 8.03. The lowest BCUT2D eigenvalue weighted by atomic mass is 9.93. The van der Waals surface area contributed by atoms with Gasteiger partial charge in [0.15, 0.2) is 0 Å². The molecule has 1 aromatic heterocycles. The van der Waals surface area contributed by atoms with Crippen LogP contribution in [0.25, 0.3) is 0 Å². The van der Waals surface area contributed by atoms with Gasteiger partial charge in [-0.3, -0.25) is 4.90 Å². The standard InChI is InChI=1S/C19H22F2N4O3S.C2HF3O2/c20-12-1-4-16(21)15(5-12)19-17(22)6-13(10-28-19)24-7-11-8-25(23-18(11)9-24)29(26,27)14-2-3-14;3-2(4,5)1(6)7/h1,4-5,8,13-14,17,19H,2-3,6-7,9-10,22H2;(H,6,7)/t13-,17+,19-;/m1./s1. The zero-order chi connectivity index (χ0) is 26.4. The molecule has 3 heterocycles. The number of hydrogen-bond donors (Lipinski definition) is 2. The molecule has 1 aromatic carbocycles. The van der Waals surface area contributed by atoms with E-state index in [9.17, 15) is 30.4 Å². The van der Waals surface area contributed by atoms with Crippen LogP contribution in [-0.4, -0.2) is 63.7 Å². The highest BCUT2D eigenvalue weighted by Crippen LogP contribution is 2.35. The number of aliphatic carboxylic acids is 1. The molecule has 9 nitrogen and oxygen atoms in total. The van der Waals surface area contributed by atoms with Crippen molar-refractivity contribution in [3.05, 3.63) is 52.9 Å². The van der Waals surface area contributed by atoms with E-state index < -0.39 is 45.9 Å². The molecule has 0 amide bonds. The SMILES string of the molecule is N[C@H]1C[C@@H](N2Cc3cn(S(=O)(=O)C4CC4)nc3C2)CO[C@@H]1c1cc(F)ccc1F.O=C(O)C(F)(F)F. The smallest absolute Gasteiger partial charge is 0.475 e. The highest BCUT2D eigenvalue weighted by Gasteiger charge is 2.41. The molecule has 3 aliphatic rings. The summed E-state index contributed by atoms with van der Waals surface area (Å²) in [5, 5.41) is 11.1. The largest absolute Gasteiger partial charge is 0.490 e. The second kappa shape index (κ2) is 9.68. The third-order valence-corrected chi connectivity index (χ3v) is 8.24. The van der Waals surface area contributed by atoms with Gasteiger partial charge < -0.3 is 15.6 Å².